The fraction of sp³-hybridized carbons (Fsp3) is 0.476. The Labute approximate surface area is 458 Å². The molecule has 5 aromatic rings. The van der Waals surface area contributed by atoms with Crippen molar-refractivity contribution in [3.63, 3.8) is 0 Å². The van der Waals surface area contributed by atoms with Crippen LogP contribution in [0.3, 0.4) is 0 Å². The minimum Gasteiger partial charge on any atom is -0.467 e. The molecule has 0 saturated carbocycles. The molecule has 6 rings (SSSR count). The lowest BCUT2D eigenvalue weighted by Crippen LogP contribution is -2.67. The molecule has 6 atom stereocenters. The molecule has 1 heterocycles. The van der Waals surface area contributed by atoms with Gasteiger partial charge in [-0.1, -0.05) is 196 Å². The van der Waals surface area contributed by atoms with Crippen LogP contribution in [0.5, 0.6) is 5.75 Å². The highest BCUT2D eigenvalue weighted by molar-refractivity contribution is 7.99. The third-order valence-electron chi connectivity index (χ3n) is 14.9. The molecule has 5 aromatic carbocycles. The van der Waals surface area contributed by atoms with Gasteiger partial charge in [0.2, 0.25) is 0 Å². The Balaban J connectivity index is 1.42. The van der Waals surface area contributed by atoms with Crippen LogP contribution in [0.1, 0.15) is 103 Å². The number of rotatable bonds is 24. The van der Waals surface area contributed by atoms with Gasteiger partial charge in [0, 0.05) is 31.4 Å². The number of hydrogen-bond acceptors (Lipinski definition) is 9. The average Bonchev–Trinajstić information content (AvgIpc) is 3.68. The van der Waals surface area contributed by atoms with Gasteiger partial charge in [-0.2, -0.15) is 0 Å². The topological polar surface area (TPSA) is 81.7 Å². The van der Waals surface area contributed by atoms with Crippen LogP contribution in [0.2, 0.25) is 48.9 Å². The number of thioether (sulfide) groups is 1. The predicted octanol–water partition coefficient (Wildman–Crippen LogP) is 15.5. The summed E-state index contributed by atoms with van der Waals surface area (Å²) in [6, 6.07) is 47.2. The second kappa shape index (κ2) is 25.6. The Kier molecular flexibility index (Phi) is 20.5. The minimum atomic E-state index is -2.84. The molecule has 12 heteroatoms. The minimum absolute atomic E-state index is 0.0190. The quantitative estimate of drug-likeness (QED) is 0.0197. The van der Waals surface area contributed by atoms with Crippen LogP contribution >= 0.6 is 11.8 Å². The molecule has 0 aromatic heterocycles. The van der Waals surface area contributed by atoms with Crippen molar-refractivity contribution in [2.75, 3.05) is 20.5 Å². The van der Waals surface area contributed by atoms with Crippen LogP contribution in [0.15, 0.2) is 151 Å². The summed E-state index contributed by atoms with van der Waals surface area (Å²) in [6.45, 7) is 34.1. The maximum Gasteiger partial charge on any atom is 0.342 e. The zero-order valence-corrected chi connectivity index (χ0v) is 51.8. The maximum absolute atomic E-state index is 14.8. The number of methoxy groups -OCH3 is 1. The van der Waals surface area contributed by atoms with Gasteiger partial charge in [-0.3, -0.25) is 0 Å². The van der Waals surface area contributed by atoms with Gasteiger partial charge in [-0.15, -0.1) is 11.8 Å². The van der Waals surface area contributed by atoms with Crippen molar-refractivity contribution in [2.24, 2.45) is 5.92 Å². The first-order valence-electron chi connectivity index (χ1n) is 27.0. The highest BCUT2D eigenvalue weighted by Crippen LogP contribution is 2.49. The third kappa shape index (κ3) is 15.6. The van der Waals surface area contributed by atoms with Crippen molar-refractivity contribution in [1.29, 1.82) is 0 Å². The summed E-state index contributed by atoms with van der Waals surface area (Å²) < 4.78 is 47.1. The van der Waals surface area contributed by atoms with Crippen molar-refractivity contribution in [3.05, 3.63) is 157 Å². The van der Waals surface area contributed by atoms with Gasteiger partial charge < -0.3 is 32.5 Å². The monoisotopic (exact) mass is 1090 g/mol. The lowest BCUT2D eigenvalue weighted by Gasteiger charge is -2.45. The standard InChI is InChI=1S/C63H88O8SSi3/c1-46(47(2)70-75(62(6,7)8,50-33-25-19-26-34-50)51-35-27-20-28-36-51)37-39-55(71-74(15,16)61(3,4)5)59-54(68-63(9,10)69-59)41-42-56(72-49-31-23-18-24-32-49)57-52(48-29-21-17-22-30-48)38-40-53(67-45-65-11)58(57)60(64)66-43-44-73(12,13)14/h17-40,46-47,54-56,59H,41-45H2,1-16H3/b39-37-/t46-,47?,54+,55?,56?,59+/m1/s1. The molecule has 0 radical (unpaired) electrons. The molecule has 8 nitrogen and oxygen atoms in total. The molecule has 3 unspecified atom stereocenters. The maximum atomic E-state index is 14.8. The highest BCUT2D eigenvalue weighted by atomic mass is 32.2. The molecule has 0 bridgehead atoms. The molecular formula is C63H88O8SSi3. The zero-order valence-electron chi connectivity index (χ0n) is 48.0. The second-order valence-electron chi connectivity index (χ2n) is 24.5. The Hall–Kier alpha value is -4.09. The van der Waals surface area contributed by atoms with Gasteiger partial charge in [0.05, 0.1) is 18.8 Å². The number of benzene rings is 5. The van der Waals surface area contributed by atoms with E-state index in [1.54, 1.807) is 18.9 Å². The van der Waals surface area contributed by atoms with E-state index >= 15 is 0 Å². The van der Waals surface area contributed by atoms with Gasteiger partial charge in [0.25, 0.3) is 8.32 Å². The Morgan fingerprint density at radius 2 is 1.28 bits per heavy atom. The summed E-state index contributed by atoms with van der Waals surface area (Å²) in [7, 11) is -5.18. The molecule has 1 fully saturated rings. The Morgan fingerprint density at radius 1 is 0.720 bits per heavy atom. The van der Waals surface area contributed by atoms with E-state index in [0.29, 0.717) is 30.8 Å². The van der Waals surface area contributed by atoms with Crippen molar-refractivity contribution in [1.82, 2.24) is 0 Å². The molecule has 75 heavy (non-hydrogen) atoms. The smallest absolute Gasteiger partial charge is 0.342 e. The molecule has 0 amide bonds. The van der Waals surface area contributed by atoms with E-state index in [4.69, 9.17) is 32.5 Å². The van der Waals surface area contributed by atoms with E-state index in [1.165, 1.54) is 10.4 Å². The third-order valence-corrected chi connectivity index (χ3v) is 27.5. The largest absolute Gasteiger partial charge is 0.467 e. The molecule has 0 N–H and O–H groups in total. The van der Waals surface area contributed by atoms with Crippen molar-refractivity contribution in [2.45, 2.75) is 171 Å². The zero-order chi connectivity index (χ0) is 54.8. The average molecular weight is 1090 g/mol. The number of ether oxygens (including phenoxy) is 5. The Morgan fingerprint density at radius 3 is 1.81 bits per heavy atom. The molecule has 0 aliphatic carbocycles. The van der Waals surface area contributed by atoms with Crippen LogP contribution < -0.4 is 15.1 Å². The van der Waals surface area contributed by atoms with Gasteiger partial charge in [-0.05, 0) is 114 Å². The first-order valence-corrected chi connectivity index (χ1v) is 36.4. The summed E-state index contributed by atoms with van der Waals surface area (Å²) in [4.78, 5) is 15.9. The van der Waals surface area contributed by atoms with Crippen LogP contribution in [-0.2, 0) is 27.8 Å². The molecule has 406 valence electrons. The summed E-state index contributed by atoms with van der Waals surface area (Å²) in [6.07, 6.45) is 4.40. The van der Waals surface area contributed by atoms with E-state index in [-0.39, 0.29) is 40.2 Å². The van der Waals surface area contributed by atoms with Crippen molar-refractivity contribution < 1.29 is 37.3 Å². The predicted molar refractivity (Wildman–Crippen MR) is 319 cm³/mol. The fourth-order valence-electron chi connectivity index (χ4n) is 9.64. The first kappa shape index (κ1) is 60.1. The van der Waals surface area contributed by atoms with E-state index in [2.05, 4.69) is 203 Å². The highest BCUT2D eigenvalue weighted by Gasteiger charge is 2.52. The summed E-state index contributed by atoms with van der Waals surface area (Å²) in [5.41, 5.74) is 3.21. The number of carbonyl (C=O) groups is 1. The molecule has 1 aliphatic rings. The van der Waals surface area contributed by atoms with Gasteiger partial charge in [0.15, 0.2) is 20.9 Å². The number of hydrogen-bond donors (Lipinski definition) is 0. The molecule has 0 spiro atoms. The van der Waals surface area contributed by atoms with Gasteiger partial charge in [0.1, 0.15) is 17.4 Å². The SMILES string of the molecule is COCOc1ccc(-c2ccccc2)c(C(CC[C@@H]2OC(C)(C)O[C@@H]2C(/C=C\[C@@H](C)C(C)O[Si](c2ccccc2)(c2ccccc2)C(C)(C)C)O[Si](C)(C)C(C)(C)C)Sc2ccccc2)c1C(=O)OCC[Si](C)(C)C. The summed E-state index contributed by atoms with van der Waals surface area (Å²) >= 11 is 1.74. The lowest BCUT2D eigenvalue weighted by molar-refractivity contribution is -0.152. The van der Waals surface area contributed by atoms with Crippen molar-refractivity contribution >= 4 is 52.8 Å². The van der Waals surface area contributed by atoms with Crippen LogP contribution in [0.4, 0.5) is 0 Å². The van der Waals surface area contributed by atoms with E-state index in [1.807, 2.05) is 44.2 Å². The molecular weight excluding hydrogens is 1000 g/mol. The van der Waals surface area contributed by atoms with Gasteiger partial charge >= 0.3 is 5.97 Å². The van der Waals surface area contributed by atoms with E-state index in [0.717, 1.165) is 27.6 Å². The normalized spacial score (nSPS) is 18.1. The molecule has 1 aliphatic heterocycles. The fourth-order valence-corrected chi connectivity index (χ4v) is 17.6. The Bertz CT molecular complexity index is 2550. The van der Waals surface area contributed by atoms with Crippen molar-refractivity contribution in [3.8, 4) is 16.9 Å². The number of carbonyl (C=O) groups excluding carboxylic acids is 1. The van der Waals surface area contributed by atoms with Crippen LogP contribution in [-0.4, -0.2) is 81.4 Å². The second-order valence-corrected chi connectivity index (χ2v) is 40.4. The van der Waals surface area contributed by atoms with Crippen LogP contribution in [0.25, 0.3) is 11.1 Å². The van der Waals surface area contributed by atoms with E-state index in [9.17, 15) is 4.79 Å². The first-order chi connectivity index (χ1) is 35.3. The lowest BCUT2D eigenvalue weighted by atomic mass is 9.89. The summed E-state index contributed by atoms with van der Waals surface area (Å²) in [5, 5.41) is 2.02. The molecule has 1 saturated heterocycles. The number of esters is 1. The van der Waals surface area contributed by atoms with Gasteiger partial charge in [-0.25, -0.2) is 4.79 Å². The van der Waals surface area contributed by atoms with E-state index < -0.39 is 48.7 Å². The summed E-state index contributed by atoms with van der Waals surface area (Å²) in [5.74, 6) is -0.844. The van der Waals surface area contributed by atoms with Crippen LogP contribution in [0, 0.1) is 5.92 Å².